The molecule has 2 rings (SSSR count). The molecule has 0 radical (unpaired) electrons. The smallest absolute Gasteiger partial charge is 0.219 e. The fraction of sp³-hybridized carbons (Fsp3) is 0.667. The zero-order valence-corrected chi connectivity index (χ0v) is 8.63. The molecule has 15 heavy (non-hydrogen) atoms. The Hall–Kier alpha value is -1.43. The number of aliphatic hydroxyl groups excluding tert-OH is 1. The van der Waals surface area contributed by atoms with Gasteiger partial charge in [0, 0.05) is 20.0 Å². The molecule has 1 atom stereocenters. The molecule has 6 nitrogen and oxygen atoms in total. The second kappa shape index (κ2) is 3.98. The van der Waals surface area contributed by atoms with Gasteiger partial charge in [0.2, 0.25) is 5.91 Å². The van der Waals surface area contributed by atoms with E-state index < -0.39 is 0 Å². The number of aliphatic hydroxyl groups is 1. The van der Waals surface area contributed by atoms with E-state index in [1.807, 2.05) is 0 Å². The molecule has 1 amide bonds. The third-order valence-electron chi connectivity index (χ3n) is 2.70. The van der Waals surface area contributed by atoms with E-state index in [1.165, 1.54) is 0 Å². The highest BCUT2D eigenvalue weighted by Crippen LogP contribution is 2.20. The summed E-state index contributed by atoms with van der Waals surface area (Å²) in [4.78, 5) is 12.9. The Morgan fingerprint density at radius 2 is 2.53 bits per heavy atom. The van der Waals surface area contributed by atoms with Crippen molar-refractivity contribution in [2.75, 3.05) is 13.1 Å². The Labute approximate surface area is 87.5 Å². The van der Waals surface area contributed by atoms with Gasteiger partial charge in [-0.15, -0.1) is 5.10 Å². The minimum absolute atomic E-state index is 0.0941. The SMILES string of the molecule is CC(=O)N1CCC(n2cc(CO)nn2)C1. The maximum absolute atomic E-state index is 11.1. The number of likely N-dealkylation sites (tertiary alicyclic amines) is 1. The van der Waals surface area contributed by atoms with Crippen LogP contribution in [0.2, 0.25) is 0 Å². The molecule has 0 spiro atoms. The Morgan fingerprint density at radius 3 is 3.07 bits per heavy atom. The summed E-state index contributed by atoms with van der Waals surface area (Å²) in [6.45, 7) is 2.93. The summed E-state index contributed by atoms with van der Waals surface area (Å²) in [6.07, 6.45) is 2.63. The zero-order chi connectivity index (χ0) is 10.8. The Balaban J connectivity index is 2.04. The van der Waals surface area contributed by atoms with Gasteiger partial charge in [0.1, 0.15) is 5.69 Å². The molecule has 0 aliphatic carbocycles. The second-order valence-electron chi connectivity index (χ2n) is 3.76. The lowest BCUT2D eigenvalue weighted by atomic mass is 10.3. The molecule has 1 fully saturated rings. The van der Waals surface area contributed by atoms with Crippen molar-refractivity contribution < 1.29 is 9.90 Å². The minimum Gasteiger partial charge on any atom is -0.390 e. The zero-order valence-electron chi connectivity index (χ0n) is 8.63. The van der Waals surface area contributed by atoms with E-state index in [0.717, 1.165) is 13.0 Å². The van der Waals surface area contributed by atoms with E-state index in [0.29, 0.717) is 12.2 Å². The average Bonchev–Trinajstić information content (AvgIpc) is 2.86. The molecule has 1 aliphatic rings. The molecule has 1 aliphatic heterocycles. The molecule has 82 valence electrons. The largest absolute Gasteiger partial charge is 0.390 e. The molecule has 1 saturated heterocycles. The molecule has 1 N–H and O–H groups in total. The van der Waals surface area contributed by atoms with Crippen molar-refractivity contribution in [2.45, 2.75) is 26.0 Å². The predicted octanol–water partition coefficient (Wildman–Crippen LogP) is -0.436. The number of carbonyl (C=O) groups is 1. The minimum atomic E-state index is -0.0941. The molecule has 1 aromatic rings. The molecule has 6 heteroatoms. The van der Waals surface area contributed by atoms with E-state index in [9.17, 15) is 4.79 Å². The van der Waals surface area contributed by atoms with Gasteiger partial charge in [-0.3, -0.25) is 4.79 Å². The van der Waals surface area contributed by atoms with Crippen LogP contribution < -0.4 is 0 Å². The standard InChI is InChI=1S/C9H14N4O2/c1-7(15)12-3-2-9(5-12)13-4-8(6-14)10-11-13/h4,9,14H,2-3,5-6H2,1H3. The summed E-state index contributed by atoms with van der Waals surface area (Å²) in [7, 11) is 0. The van der Waals surface area contributed by atoms with Gasteiger partial charge < -0.3 is 10.0 Å². The van der Waals surface area contributed by atoms with Crippen LogP contribution in [0.1, 0.15) is 25.1 Å². The van der Waals surface area contributed by atoms with Gasteiger partial charge in [-0.25, -0.2) is 4.68 Å². The first kappa shape index (κ1) is 10.1. The first-order chi connectivity index (χ1) is 7.20. The van der Waals surface area contributed by atoms with Crippen molar-refractivity contribution in [1.82, 2.24) is 19.9 Å². The van der Waals surface area contributed by atoms with E-state index in [1.54, 1.807) is 22.7 Å². The van der Waals surface area contributed by atoms with Crippen molar-refractivity contribution in [1.29, 1.82) is 0 Å². The highest BCUT2D eigenvalue weighted by Gasteiger charge is 2.26. The lowest BCUT2D eigenvalue weighted by Crippen LogP contribution is -2.26. The number of amides is 1. The van der Waals surface area contributed by atoms with E-state index in [2.05, 4.69) is 10.3 Å². The topological polar surface area (TPSA) is 71.2 Å². The van der Waals surface area contributed by atoms with Crippen molar-refractivity contribution in [2.24, 2.45) is 0 Å². The average molecular weight is 210 g/mol. The summed E-state index contributed by atoms with van der Waals surface area (Å²) in [5.74, 6) is 0.0972. The van der Waals surface area contributed by atoms with Gasteiger partial charge in [0.25, 0.3) is 0 Å². The molecular formula is C9H14N4O2. The second-order valence-corrected chi connectivity index (χ2v) is 3.76. The Morgan fingerprint density at radius 1 is 1.73 bits per heavy atom. The molecule has 1 unspecified atom stereocenters. The Kier molecular flexibility index (Phi) is 2.68. The fourth-order valence-electron chi connectivity index (χ4n) is 1.81. The lowest BCUT2D eigenvalue weighted by Gasteiger charge is -2.13. The predicted molar refractivity (Wildman–Crippen MR) is 51.9 cm³/mol. The lowest BCUT2D eigenvalue weighted by molar-refractivity contribution is -0.127. The summed E-state index contributed by atoms with van der Waals surface area (Å²) in [6, 6.07) is 0.196. The first-order valence-corrected chi connectivity index (χ1v) is 4.98. The highest BCUT2D eigenvalue weighted by molar-refractivity contribution is 5.73. The summed E-state index contributed by atoms with van der Waals surface area (Å²) in [5, 5.41) is 16.6. The number of rotatable bonds is 2. The molecule has 1 aromatic heterocycles. The first-order valence-electron chi connectivity index (χ1n) is 4.98. The molecule has 0 saturated carbocycles. The molecule has 0 bridgehead atoms. The normalized spacial score (nSPS) is 20.9. The monoisotopic (exact) mass is 210 g/mol. The summed E-state index contributed by atoms with van der Waals surface area (Å²) in [5.41, 5.74) is 0.566. The van der Waals surface area contributed by atoms with Crippen LogP contribution in [0.5, 0.6) is 0 Å². The highest BCUT2D eigenvalue weighted by atomic mass is 16.3. The van der Waals surface area contributed by atoms with Crippen LogP contribution in [0.25, 0.3) is 0 Å². The van der Waals surface area contributed by atoms with Gasteiger partial charge in [0.15, 0.2) is 0 Å². The van der Waals surface area contributed by atoms with Crippen LogP contribution >= 0.6 is 0 Å². The summed E-state index contributed by atoms with van der Waals surface area (Å²) < 4.78 is 1.73. The third kappa shape index (κ3) is 1.99. The fourth-order valence-corrected chi connectivity index (χ4v) is 1.81. The van der Waals surface area contributed by atoms with Crippen LogP contribution in [0.4, 0.5) is 0 Å². The Bertz CT molecular complexity index is 363. The van der Waals surface area contributed by atoms with Crippen LogP contribution in [0.15, 0.2) is 6.20 Å². The van der Waals surface area contributed by atoms with Gasteiger partial charge in [-0.2, -0.15) is 0 Å². The number of carbonyl (C=O) groups excluding carboxylic acids is 1. The summed E-state index contributed by atoms with van der Waals surface area (Å²) >= 11 is 0. The van der Waals surface area contributed by atoms with Crippen LogP contribution in [-0.2, 0) is 11.4 Å². The number of aromatic nitrogens is 3. The molecule has 0 aromatic carbocycles. The van der Waals surface area contributed by atoms with Gasteiger partial charge in [-0.05, 0) is 6.42 Å². The third-order valence-corrected chi connectivity index (χ3v) is 2.70. The van der Waals surface area contributed by atoms with Gasteiger partial charge >= 0.3 is 0 Å². The van der Waals surface area contributed by atoms with Crippen molar-refractivity contribution >= 4 is 5.91 Å². The van der Waals surface area contributed by atoms with E-state index >= 15 is 0 Å². The van der Waals surface area contributed by atoms with Crippen LogP contribution in [-0.4, -0.2) is 44.0 Å². The van der Waals surface area contributed by atoms with Crippen molar-refractivity contribution in [3.8, 4) is 0 Å². The number of nitrogens with zero attached hydrogens (tertiary/aromatic N) is 4. The number of hydrogen-bond acceptors (Lipinski definition) is 4. The number of hydrogen-bond donors (Lipinski definition) is 1. The van der Waals surface area contributed by atoms with Gasteiger partial charge in [0.05, 0.1) is 18.8 Å². The van der Waals surface area contributed by atoms with Crippen molar-refractivity contribution in [3.05, 3.63) is 11.9 Å². The maximum atomic E-state index is 11.1. The van der Waals surface area contributed by atoms with E-state index in [-0.39, 0.29) is 18.6 Å². The van der Waals surface area contributed by atoms with Crippen LogP contribution in [0, 0.1) is 0 Å². The molecular weight excluding hydrogens is 196 g/mol. The maximum Gasteiger partial charge on any atom is 0.219 e. The molecule has 2 heterocycles. The van der Waals surface area contributed by atoms with Gasteiger partial charge in [-0.1, -0.05) is 5.21 Å². The van der Waals surface area contributed by atoms with Crippen LogP contribution in [0.3, 0.4) is 0 Å². The van der Waals surface area contributed by atoms with Crippen molar-refractivity contribution in [3.63, 3.8) is 0 Å². The van der Waals surface area contributed by atoms with E-state index in [4.69, 9.17) is 5.11 Å². The quantitative estimate of drug-likeness (QED) is 0.718.